The lowest BCUT2D eigenvalue weighted by molar-refractivity contribution is -0.116. The first-order valence-corrected chi connectivity index (χ1v) is 10.7. The first-order chi connectivity index (χ1) is 14.4. The highest BCUT2D eigenvalue weighted by atomic mass is 32.2. The number of halogens is 1. The highest BCUT2D eigenvalue weighted by Gasteiger charge is 2.14. The number of methoxy groups -OCH3 is 1. The van der Waals surface area contributed by atoms with Crippen molar-refractivity contribution in [3.8, 4) is 5.75 Å². The maximum absolute atomic E-state index is 13.2. The Bertz CT molecular complexity index is 1110. The fraction of sp³-hybridized carbons (Fsp3) is 0.136. The number of hydrogen-bond donors (Lipinski definition) is 2. The van der Waals surface area contributed by atoms with Crippen LogP contribution < -0.4 is 14.8 Å². The first kappa shape index (κ1) is 21.3. The molecule has 3 aromatic carbocycles. The van der Waals surface area contributed by atoms with Crippen LogP contribution in [0.15, 0.2) is 77.7 Å². The van der Waals surface area contributed by atoms with Crippen LogP contribution in [0.1, 0.15) is 12.0 Å². The van der Waals surface area contributed by atoms with Crippen molar-refractivity contribution in [3.05, 3.63) is 84.2 Å². The molecule has 0 atom stereocenters. The molecule has 156 valence electrons. The lowest BCUT2D eigenvalue weighted by Crippen LogP contribution is -2.14. The number of amides is 1. The summed E-state index contributed by atoms with van der Waals surface area (Å²) in [5, 5.41) is 2.74. The average Bonchev–Trinajstić information content (AvgIpc) is 2.73. The molecule has 0 aliphatic heterocycles. The van der Waals surface area contributed by atoms with Crippen molar-refractivity contribution in [3.63, 3.8) is 0 Å². The zero-order valence-corrected chi connectivity index (χ0v) is 17.1. The molecule has 1 amide bonds. The molecule has 6 nitrogen and oxygen atoms in total. The lowest BCUT2D eigenvalue weighted by atomic mass is 10.1. The molecule has 0 radical (unpaired) electrons. The number of rotatable bonds is 8. The summed E-state index contributed by atoms with van der Waals surface area (Å²) >= 11 is 0. The summed E-state index contributed by atoms with van der Waals surface area (Å²) < 4.78 is 45.5. The average molecular weight is 428 g/mol. The molecule has 0 fully saturated rings. The van der Waals surface area contributed by atoms with E-state index in [9.17, 15) is 17.6 Å². The third kappa shape index (κ3) is 5.81. The number of benzene rings is 3. The molecule has 3 rings (SSSR count). The largest absolute Gasteiger partial charge is 0.497 e. The number of ether oxygens (including phenoxy) is 1. The predicted octanol–water partition coefficient (Wildman–Crippen LogP) is 4.21. The van der Waals surface area contributed by atoms with Crippen molar-refractivity contribution >= 4 is 27.3 Å². The van der Waals surface area contributed by atoms with Crippen molar-refractivity contribution in [2.75, 3.05) is 17.1 Å². The van der Waals surface area contributed by atoms with Crippen LogP contribution in [0.3, 0.4) is 0 Å². The molecule has 0 saturated carbocycles. The topological polar surface area (TPSA) is 84.5 Å². The fourth-order valence-electron chi connectivity index (χ4n) is 2.76. The van der Waals surface area contributed by atoms with Crippen LogP contribution in [-0.4, -0.2) is 21.4 Å². The Hall–Kier alpha value is -3.39. The molecule has 30 heavy (non-hydrogen) atoms. The molecule has 0 bridgehead atoms. The van der Waals surface area contributed by atoms with Gasteiger partial charge in [0.15, 0.2) is 0 Å². The molecule has 0 unspecified atom stereocenters. The lowest BCUT2D eigenvalue weighted by Gasteiger charge is -2.10. The third-order valence-corrected chi connectivity index (χ3v) is 5.72. The second kappa shape index (κ2) is 9.41. The van der Waals surface area contributed by atoms with Crippen LogP contribution >= 0.6 is 0 Å². The zero-order valence-electron chi connectivity index (χ0n) is 16.3. The number of nitrogens with one attached hydrogen (secondary N) is 2. The van der Waals surface area contributed by atoms with E-state index in [4.69, 9.17) is 4.74 Å². The van der Waals surface area contributed by atoms with E-state index < -0.39 is 15.8 Å². The molecular weight excluding hydrogens is 407 g/mol. The van der Waals surface area contributed by atoms with Gasteiger partial charge in [0.1, 0.15) is 11.6 Å². The van der Waals surface area contributed by atoms with Crippen LogP contribution in [0.25, 0.3) is 0 Å². The van der Waals surface area contributed by atoms with Gasteiger partial charge >= 0.3 is 0 Å². The molecule has 0 aliphatic carbocycles. The molecule has 3 aromatic rings. The second-order valence-corrected chi connectivity index (χ2v) is 8.22. The van der Waals surface area contributed by atoms with Crippen LogP contribution in [0, 0.1) is 5.82 Å². The standard InChI is InChI=1S/C22H21FN2O4S/c1-29-20-10-5-16(6-11-20)7-14-22(26)24-18-8-12-21(13-9-18)30(27,28)25-19-4-2-3-17(23)15-19/h2-6,8-13,15,25H,7,14H2,1H3,(H,24,26). The highest BCUT2D eigenvalue weighted by molar-refractivity contribution is 7.92. The van der Waals surface area contributed by atoms with Crippen molar-refractivity contribution in [1.29, 1.82) is 0 Å². The Labute approximate surface area is 174 Å². The third-order valence-electron chi connectivity index (χ3n) is 4.32. The number of hydrogen-bond acceptors (Lipinski definition) is 4. The second-order valence-electron chi connectivity index (χ2n) is 6.54. The van der Waals surface area contributed by atoms with Gasteiger partial charge in [0.25, 0.3) is 10.0 Å². The van der Waals surface area contributed by atoms with E-state index in [1.165, 1.54) is 42.5 Å². The predicted molar refractivity (Wildman–Crippen MR) is 114 cm³/mol. The molecule has 8 heteroatoms. The van der Waals surface area contributed by atoms with Gasteiger partial charge in [0.2, 0.25) is 5.91 Å². The van der Waals surface area contributed by atoms with Crippen molar-refractivity contribution in [2.45, 2.75) is 17.7 Å². The summed E-state index contributed by atoms with van der Waals surface area (Å²) in [5.74, 6) is 0.0346. The van der Waals surface area contributed by atoms with E-state index in [1.807, 2.05) is 24.3 Å². The zero-order chi connectivity index (χ0) is 21.6. The van der Waals surface area contributed by atoms with Crippen LogP contribution in [-0.2, 0) is 21.2 Å². The molecule has 0 aromatic heterocycles. The Morgan fingerprint density at radius 3 is 2.30 bits per heavy atom. The number of anilines is 2. The molecule has 0 heterocycles. The van der Waals surface area contributed by atoms with Gasteiger partial charge in [-0.05, 0) is 66.6 Å². The summed E-state index contributed by atoms with van der Waals surface area (Å²) in [4.78, 5) is 12.2. The van der Waals surface area contributed by atoms with Crippen molar-refractivity contribution in [1.82, 2.24) is 0 Å². The Morgan fingerprint density at radius 2 is 1.67 bits per heavy atom. The number of aryl methyl sites for hydroxylation is 1. The van der Waals surface area contributed by atoms with E-state index in [-0.39, 0.29) is 22.9 Å². The molecule has 0 aliphatic rings. The molecule has 0 saturated heterocycles. The van der Waals surface area contributed by atoms with E-state index >= 15 is 0 Å². The summed E-state index contributed by atoms with van der Waals surface area (Å²) in [5.41, 5.74) is 1.63. The normalized spacial score (nSPS) is 11.0. The minimum atomic E-state index is -3.87. The first-order valence-electron chi connectivity index (χ1n) is 9.17. The SMILES string of the molecule is COc1ccc(CCC(=O)Nc2ccc(S(=O)(=O)Nc3cccc(F)c3)cc2)cc1. The number of carbonyl (C=O) groups is 1. The van der Waals surface area contributed by atoms with Gasteiger partial charge in [-0.3, -0.25) is 9.52 Å². The minimum absolute atomic E-state index is 0.00277. The summed E-state index contributed by atoms with van der Waals surface area (Å²) in [6.07, 6.45) is 0.855. The summed E-state index contributed by atoms with van der Waals surface area (Å²) in [6, 6.07) is 18.4. The summed E-state index contributed by atoms with van der Waals surface area (Å²) in [6.45, 7) is 0. The number of carbonyl (C=O) groups excluding carboxylic acids is 1. The van der Waals surface area contributed by atoms with Crippen molar-refractivity contribution in [2.24, 2.45) is 0 Å². The molecule has 0 spiro atoms. The quantitative estimate of drug-likeness (QED) is 0.563. The van der Waals surface area contributed by atoms with E-state index in [2.05, 4.69) is 10.0 Å². The summed E-state index contributed by atoms with van der Waals surface area (Å²) in [7, 11) is -2.27. The van der Waals surface area contributed by atoms with Gasteiger partial charge in [-0.1, -0.05) is 18.2 Å². The van der Waals surface area contributed by atoms with Gasteiger partial charge < -0.3 is 10.1 Å². The molecular formula is C22H21FN2O4S. The van der Waals surface area contributed by atoms with E-state index in [0.717, 1.165) is 17.4 Å². The van der Waals surface area contributed by atoms with E-state index in [0.29, 0.717) is 12.1 Å². The van der Waals surface area contributed by atoms with Gasteiger partial charge in [-0.25, -0.2) is 12.8 Å². The smallest absolute Gasteiger partial charge is 0.261 e. The van der Waals surface area contributed by atoms with Crippen LogP contribution in [0.5, 0.6) is 5.75 Å². The van der Waals surface area contributed by atoms with Crippen molar-refractivity contribution < 1.29 is 22.3 Å². The van der Waals surface area contributed by atoms with Crippen LogP contribution in [0.2, 0.25) is 0 Å². The fourth-order valence-corrected chi connectivity index (χ4v) is 3.81. The minimum Gasteiger partial charge on any atom is -0.497 e. The number of sulfonamides is 1. The Morgan fingerprint density at radius 1 is 0.967 bits per heavy atom. The maximum atomic E-state index is 13.2. The van der Waals surface area contributed by atoms with Gasteiger partial charge in [0.05, 0.1) is 17.7 Å². The Balaban J connectivity index is 1.57. The van der Waals surface area contributed by atoms with Gasteiger partial charge in [-0.15, -0.1) is 0 Å². The molecule has 2 N–H and O–H groups in total. The van der Waals surface area contributed by atoms with Crippen LogP contribution in [0.4, 0.5) is 15.8 Å². The van der Waals surface area contributed by atoms with Gasteiger partial charge in [0, 0.05) is 12.1 Å². The van der Waals surface area contributed by atoms with E-state index in [1.54, 1.807) is 7.11 Å². The highest BCUT2D eigenvalue weighted by Crippen LogP contribution is 2.19. The maximum Gasteiger partial charge on any atom is 0.261 e. The van der Waals surface area contributed by atoms with Gasteiger partial charge in [-0.2, -0.15) is 0 Å². The monoisotopic (exact) mass is 428 g/mol. The Kier molecular flexibility index (Phi) is 6.68.